The second kappa shape index (κ2) is 8.89. The largest absolute Gasteiger partial charge is 0.493 e. The molecule has 1 amide bonds. The summed E-state index contributed by atoms with van der Waals surface area (Å²) in [6.45, 7) is 4.58. The Kier molecular flexibility index (Phi) is 6.18. The lowest BCUT2D eigenvalue weighted by Gasteiger charge is -2.38. The minimum atomic E-state index is -1.46. The fourth-order valence-corrected chi connectivity index (χ4v) is 5.54. The summed E-state index contributed by atoms with van der Waals surface area (Å²) < 4.78 is 11.2. The molecule has 2 aromatic rings. The van der Waals surface area contributed by atoms with Crippen molar-refractivity contribution in [3.63, 3.8) is 0 Å². The molecule has 2 atom stereocenters. The highest BCUT2D eigenvalue weighted by Crippen LogP contribution is 2.52. The molecule has 166 valence electrons. The molecule has 4 rings (SSSR count). The molecule has 1 N–H and O–H groups in total. The van der Waals surface area contributed by atoms with Crippen molar-refractivity contribution in [3.05, 3.63) is 69.8 Å². The molecule has 7 heteroatoms. The molecular formula is C25H26N2O4S. The van der Waals surface area contributed by atoms with Gasteiger partial charge >= 0.3 is 0 Å². The average Bonchev–Trinajstić information content (AvgIpc) is 3.17. The number of aliphatic hydroxyl groups is 1. The van der Waals surface area contributed by atoms with E-state index < -0.39 is 11.6 Å². The normalized spacial score (nSPS) is 22.5. The number of benzene rings is 2. The number of nitrogens with zero attached hydrogens (tertiary/aromatic N) is 2. The molecular weight excluding hydrogens is 424 g/mol. The predicted molar refractivity (Wildman–Crippen MR) is 123 cm³/mol. The lowest BCUT2D eigenvalue weighted by atomic mass is 9.85. The number of fused-ring (bicyclic) bond motifs is 1. The molecule has 0 aliphatic carbocycles. The van der Waals surface area contributed by atoms with E-state index in [2.05, 4.69) is 6.07 Å². The standard InChI is InChI=1S/C25H26N2O4S/c1-4-11-31-21-10-7-17(12-22(21)30-3)19-13-23(28)27-24(20(19)14-26)32-15-25(27,29)18-8-5-16(2)6-9-18/h5-10,12,19,29H,4,11,13,15H2,1-3H3/t19-,25-/m0/s1. The number of carbonyl (C=O) groups excluding carboxylic acids is 1. The van der Waals surface area contributed by atoms with Crippen LogP contribution in [0.25, 0.3) is 0 Å². The lowest BCUT2D eigenvalue weighted by molar-refractivity contribution is -0.149. The van der Waals surface area contributed by atoms with E-state index >= 15 is 0 Å². The van der Waals surface area contributed by atoms with E-state index in [0.717, 1.165) is 17.5 Å². The first-order valence-corrected chi connectivity index (χ1v) is 11.6. The molecule has 2 heterocycles. The van der Waals surface area contributed by atoms with Crippen LogP contribution < -0.4 is 9.47 Å². The first-order chi connectivity index (χ1) is 15.4. The summed E-state index contributed by atoms with van der Waals surface area (Å²) in [4.78, 5) is 14.7. The third-order valence-corrected chi connectivity index (χ3v) is 7.10. The van der Waals surface area contributed by atoms with E-state index in [1.54, 1.807) is 7.11 Å². The minimum Gasteiger partial charge on any atom is -0.493 e. The van der Waals surface area contributed by atoms with Crippen molar-refractivity contribution in [2.75, 3.05) is 19.5 Å². The summed E-state index contributed by atoms with van der Waals surface area (Å²) in [5.41, 5.74) is 1.56. The van der Waals surface area contributed by atoms with Crippen molar-refractivity contribution >= 4 is 17.7 Å². The molecule has 6 nitrogen and oxygen atoms in total. The van der Waals surface area contributed by atoms with Gasteiger partial charge in [-0.05, 0) is 31.0 Å². The van der Waals surface area contributed by atoms with E-state index in [0.29, 0.717) is 34.3 Å². The lowest BCUT2D eigenvalue weighted by Crippen LogP contribution is -2.48. The molecule has 32 heavy (non-hydrogen) atoms. The van der Waals surface area contributed by atoms with Crippen molar-refractivity contribution in [2.24, 2.45) is 0 Å². The van der Waals surface area contributed by atoms with E-state index in [4.69, 9.17) is 9.47 Å². The summed E-state index contributed by atoms with van der Waals surface area (Å²) in [6, 6.07) is 15.4. The van der Waals surface area contributed by atoms with Crippen molar-refractivity contribution in [1.29, 1.82) is 5.26 Å². The third-order valence-electron chi connectivity index (χ3n) is 5.88. The van der Waals surface area contributed by atoms with E-state index in [-0.39, 0.29) is 18.1 Å². The average molecular weight is 451 g/mol. The van der Waals surface area contributed by atoms with Crippen LogP contribution in [0.15, 0.2) is 53.1 Å². The molecule has 0 bridgehead atoms. The van der Waals surface area contributed by atoms with E-state index in [1.807, 2.05) is 56.3 Å². The van der Waals surface area contributed by atoms with Gasteiger partial charge in [0.1, 0.15) is 0 Å². The maximum atomic E-state index is 13.3. The maximum Gasteiger partial charge on any atom is 0.231 e. The number of thioether (sulfide) groups is 1. The van der Waals surface area contributed by atoms with Gasteiger partial charge in [0.25, 0.3) is 0 Å². The zero-order chi connectivity index (χ0) is 22.9. The number of hydrogen-bond donors (Lipinski definition) is 1. The summed E-state index contributed by atoms with van der Waals surface area (Å²) in [7, 11) is 1.57. The van der Waals surface area contributed by atoms with Crippen LogP contribution >= 0.6 is 11.8 Å². The summed E-state index contributed by atoms with van der Waals surface area (Å²) in [5, 5.41) is 22.1. The van der Waals surface area contributed by atoms with Crippen LogP contribution in [0.4, 0.5) is 0 Å². The van der Waals surface area contributed by atoms with Gasteiger partial charge in [-0.1, -0.05) is 42.8 Å². The highest BCUT2D eigenvalue weighted by molar-refractivity contribution is 8.03. The molecule has 2 aromatic carbocycles. The number of aryl methyl sites for hydroxylation is 1. The number of methoxy groups -OCH3 is 1. The van der Waals surface area contributed by atoms with Gasteiger partial charge in [-0.15, -0.1) is 11.8 Å². The molecule has 0 unspecified atom stereocenters. The van der Waals surface area contributed by atoms with Crippen LogP contribution in [0, 0.1) is 18.3 Å². The molecule has 2 aliphatic heterocycles. The van der Waals surface area contributed by atoms with Crippen molar-refractivity contribution in [3.8, 4) is 17.6 Å². The van der Waals surface area contributed by atoms with Gasteiger partial charge in [0, 0.05) is 17.9 Å². The van der Waals surface area contributed by atoms with Crippen LogP contribution in [-0.2, 0) is 10.5 Å². The fourth-order valence-electron chi connectivity index (χ4n) is 4.18. The first-order valence-electron chi connectivity index (χ1n) is 10.6. The van der Waals surface area contributed by atoms with Crippen LogP contribution in [0.5, 0.6) is 11.5 Å². The molecule has 0 aromatic heterocycles. The minimum absolute atomic E-state index is 0.0967. The summed E-state index contributed by atoms with van der Waals surface area (Å²) >= 11 is 1.35. The predicted octanol–water partition coefficient (Wildman–Crippen LogP) is 4.44. The maximum absolute atomic E-state index is 13.3. The van der Waals surface area contributed by atoms with Crippen molar-refractivity contribution in [1.82, 2.24) is 4.90 Å². The zero-order valence-electron chi connectivity index (χ0n) is 18.4. The quantitative estimate of drug-likeness (QED) is 0.701. The fraction of sp³-hybridized carbons (Fsp3) is 0.360. The van der Waals surface area contributed by atoms with Gasteiger partial charge in [0.2, 0.25) is 5.91 Å². The number of amides is 1. The Bertz CT molecular complexity index is 1110. The van der Waals surface area contributed by atoms with Crippen molar-refractivity contribution < 1.29 is 19.4 Å². The first kappa shape index (κ1) is 22.3. The SMILES string of the molecule is CCCOc1ccc([C@@H]2CC(=O)N3C(=C2C#N)SC[C@]3(O)c2ccc(C)cc2)cc1OC. The third kappa shape index (κ3) is 3.74. The van der Waals surface area contributed by atoms with E-state index in [1.165, 1.54) is 16.7 Å². The second-order valence-corrected chi connectivity index (χ2v) is 9.01. The molecule has 0 saturated carbocycles. The Hall–Kier alpha value is -2.95. The highest BCUT2D eigenvalue weighted by atomic mass is 32.2. The summed E-state index contributed by atoms with van der Waals surface area (Å²) in [5.74, 6) is 0.880. The van der Waals surface area contributed by atoms with Gasteiger partial charge in [-0.25, -0.2) is 0 Å². The van der Waals surface area contributed by atoms with Crippen LogP contribution in [-0.4, -0.2) is 35.4 Å². The Morgan fingerprint density at radius 2 is 2.00 bits per heavy atom. The molecule has 2 aliphatic rings. The Balaban J connectivity index is 1.73. The number of rotatable bonds is 6. The smallest absolute Gasteiger partial charge is 0.231 e. The monoisotopic (exact) mass is 450 g/mol. The summed E-state index contributed by atoms with van der Waals surface area (Å²) in [6.07, 6.45) is 0.975. The van der Waals surface area contributed by atoms with Crippen LogP contribution in [0.1, 0.15) is 42.4 Å². The van der Waals surface area contributed by atoms with Gasteiger partial charge in [-0.2, -0.15) is 5.26 Å². The second-order valence-electron chi connectivity index (χ2n) is 8.05. The highest BCUT2D eigenvalue weighted by Gasteiger charge is 2.51. The molecule has 0 spiro atoms. The van der Waals surface area contributed by atoms with Crippen LogP contribution in [0.3, 0.4) is 0 Å². The van der Waals surface area contributed by atoms with Gasteiger partial charge in [0.15, 0.2) is 17.2 Å². The number of ether oxygens (including phenoxy) is 2. The van der Waals surface area contributed by atoms with Crippen molar-refractivity contribution in [2.45, 2.75) is 38.3 Å². The number of allylic oxidation sites excluding steroid dienone is 1. The number of nitriles is 1. The molecule has 1 fully saturated rings. The molecule has 0 radical (unpaired) electrons. The topological polar surface area (TPSA) is 82.8 Å². The Labute approximate surface area is 192 Å². The van der Waals surface area contributed by atoms with Gasteiger partial charge < -0.3 is 14.6 Å². The number of hydrogen-bond acceptors (Lipinski definition) is 6. The van der Waals surface area contributed by atoms with E-state index in [9.17, 15) is 15.2 Å². The Morgan fingerprint density at radius 1 is 1.25 bits per heavy atom. The zero-order valence-corrected chi connectivity index (χ0v) is 19.2. The Morgan fingerprint density at radius 3 is 2.66 bits per heavy atom. The van der Waals surface area contributed by atoms with Crippen LogP contribution in [0.2, 0.25) is 0 Å². The van der Waals surface area contributed by atoms with Gasteiger partial charge in [0.05, 0.1) is 36.1 Å². The van der Waals surface area contributed by atoms with Gasteiger partial charge in [-0.3, -0.25) is 9.69 Å². The number of carbonyl (C=O) groups is 1. The molecule has 1 saturated heterocycles.